The van der Waals surface area contributed by atoms with Crippen molar-refractivity contribution in [2.75, 3.05) is 9.80 Å². The van der Waals surface area contributed by atoms with Crippen molar-refractivity contribution >= 4 is 101 Å². The zero-order chi connectivity index (χ0) is 71.4. The summed E-state index contributed by atoms with van der Waals surface area (Å²) in [4.78, 5) is 5.50. The summed E-state index contributed by atoms with van der Waals surface area (Å²) in [5.74, 6) is 0. The molecule has 0 radical (unpaired) electrons. The van der Waals surface area contributed by atoms with Crippen LogP contribution >= 0.6 is 0 Å². The molecule has 0 N–H and O–H groups in total. The Labute approximate surface area is 609 Å². The second-order valence-corrected chi connectivity index (χ2v) is 34.2. The van der Waals surface area contributed by atoms with E-state index in [0.717, 1.165) is 45.3 Å². The molecule has 0 unspecified atom stereocenters. The molecule has 103 heavy (non-hydrogen) atoms. The summed E-state index contributed by atoms with van der Waals surface area (Å²) in [6.45, 7) is 35.1. The number of nitrogens with zero attached hydrogens (tertiary/aromatic N) is 4. The van der Waals surface area contributed by atoms with Gasteiger partial charge in [0.2, 0.25) is 0 Å². The number of benzene rings is 13. The molecule has 4 nitrogen and oxygen atoms in total. The minimum atomic E-state index is -0.331. The Kier molecular flexibility index (Phi) is 15.2. The first-order valence-corrected chi connectivity index (χ1v) is 37.0. The van der Waals surface area contributed by atoms with Crippen LogP contribution < -0.4 is 26.2 Å². The van der Waals surface area contributed by atoms with Crippen molar-refractivity contribution < 1.29 is 0 Å². The van der Waals surface area contributed by atoms with Crippen molar-refractivity contribution in [3.63, 3.8) is 0 Å². The van der Waals surface area contributed by atoms with E-state index in [9.17, 15) is 0 Å². The molecule has 0 bridgehead atoms. The topological polar surface area (TPSA) is 16.3 Å². The molecule has 0 saturated heterocycles. The average Bonchev–Trinajstić information content (AvgIpc) is 0.795. The SMILES string of the molecule is CC(C)(C)c1ccc(-c2cc(C(C)(C)C)cc(-c3ccccc3)c2N2c3cc(-n4c5ccccc5c5ccccc54)ccc3B3c4ccc(-n5c6ccccc6c6ccccc65)cc4N(c4c(-c5ccccc5)cc(C(C)(C)C)cc4-c4ccc(C(C)(C)C)cc4)c4cc(C(C)(C)C)cc2c43)cc1. The molecule has 0 spiro atoms. The normalized spacial score (nSPS) is 13.3. The number of rotatable bonds is 8. The molecule has 13 aromatic carbocycles. The van der Waals surface area contributed by atoms with E-state index in [2.05, 4.69) is 402 Å². The fraction of sp³-hybridized carbons (Fsp3) is 0.204. The molecule has 0 amide bonds. The minimum absolute atomic E-state index is 0.0458. The summed E-state index contributed by atoms with van der Waals surface area (Å²) in [6, 6.07) is 108. The van der Waals surface area contributed by atoms with Gasteiger partial charge in [-0.3, -0.25) is 0 Å². The van der Waals surface area contributed by atoms with Gasteiger partial charge in [-0.25, -0.2) is 0 Å². The van der Waals surface area contributed by atoms with Crippen LogP contribution in [-0.2, 0) is 27.1 Å². The maximum atomic E-state index is 2.75. The van der Waals surface area contributed by atoms with E-state index in [1.807, 2.05) is 0 Å². The van der Waals surface area contributed by atoms with Crippen molar-refractivity contribution in [3.8, 4) is 55.9 Å². The zero-order valence-corrected chi connectivity index (χ0v) is 62.4. The number of hydrogen-bond acceptors (Lipinski definition) is 2. The van der Waals surface area contributed by atoms with E-state index < -0.39 is 0 Å². The van der Waals surface area contributed by atoms with Crippen LogP contribution in [0, 0.1) is 0 Å². The van der Waals surface area contributed by atoms with Gasteiger partial charge in [0.25, 0.3) is 6.71 Å². The number of anilines is 6. The van der Waals surface area contributed by atoms with Gasteiger partial charge in [-0.15, -0.1) is 0 Å². The molecule has 4 heterocycles. The van der Waals surface area contributed by atoms with Crippen LogP contribution in [0.5, 0.6) is 0 Å². The third-order valence-electron chi connectivity index (χ3n) is 22.3. The quantitative estimate of drug-likeness (QED) is 0.141. The molecular weight excluding hydrogens is 1240 g/mol. The summed E-state index contributed by atoms with van der Waals surface area (Å²) in [7, 11) is 0. The minimum Gasteiger partial charge on any atom is -0.310 e. The first-order chi connectivity index (χ1) is 49.3. The molecule has 5 heteroatoms. The van der Waals surface area contributed by atoms with Gasteiger partial charge >= 0.3 is 0 Å². The highest BCUT2D eigenvalue weighted by atomic mass is 15.2. The summed E-state index contributed by atoms with van der Waals surface area (Å²) in [5, 5.41) is 4.94. The van der Waals surface area contributed by atoms with E-state index in [-0.39, 0.29) is 33.8 Å². The lowest BCUT2D eigenvalue weighted by Gasteiger charge is -2.47. The van der Waals surface area contributed by atoms with Crippen LogP contribution in [0.3, 0.4) is 0 Å². The van der Waals surface area contributed by atoms with Gasteiger partial charge in [-0.1, -0.05) is 298 Å². The maximum absolute atomic E-state index is 2.75. The molecule has 506 valence electrons. The number of fused-ring (bicyclic) bond motifs is 10. The van der Waals surface area contributed by atoms with Gasteiger partial charge in [0, 0.05) is 77.9 Å². The van der Waals surface area contributed by atoms with Gasteiger partial charge in [-0.2, -0.15) is 0 Å². The van der Waals surface area contributed by atoms with Crippen LogP contribution in [0.15, 0.2) is 279 Å². The smallest absolute Gasteiger partial charge is 0.252 e. The molecule has 2 aromatic heterocycles. The van der Waals surface area contributed by atoms with Crippen LogP contribution in [0.25, 0.3) is 99.5 Å². The predicted octanol–water partition coefficient (Wildman–Crippen LogP) is 25.1. The largest absolute Gasteiger partial charge is 0.310 e. The van der Waals surface area contributed by atoms with E-state index in [4.69, 9.17) is 0 Å². The van der Waals surface area contributed by atoms with Crippen molar-refractivity contribution in [1.29, 1.82) is 0 Å². The van der Waals surface area contributed by atoms with Gasteiger partial charge in [0.05, 0.1) is 33.4 Å². The zero-order valence-electron chi connectivity index (χ0n) is 62.4. The molecule has 0 aliphatic carbocycles. The lowest BCUT2D eigenvalue weighted by atomic mass is 9.33. The Morgan fingerprint density at radius 3 is 0.806 bits per heavy atom. The second-order valence-electron chi connectivity index (χ2n) is 34.2. The third-order valence-corrected chi connectivity index (χ3v) is 22.3. The van der Waals surface area contributed by atoms with Gasteiger partial charge < -0.3 is 18.9 Å². The van der Waals surface area contributed by atoms with E-state index >= 15 is 0 Å². The van der Waals surface area contributed by atoms with Crippen molar-refractivity contribution in [1.82, 2.24) is 9.13 Å². The lowest BCUT2D eigenvalue weighted by molar-refractivity contribution is 0.590. The molecule has 15 aromatic rings. The van der Waals surface area contributed by atoms with E-state index in [0.29, 0.717) is 0 Å². The lowest BCUT2D eigenvalue weighted by Crippen LogP contribution is -2.61. The average molecular weight is 1340 g/mol. The number of hydrogen-bond donors (Lipinski definition) is 0. The summed E-state index contributed by atoms with van der Waals surface area (Å²) < 4.78 is 5.03. The van der Waals surface area contributed by atoms with Crippen LogP contribution in [0.2, 0.25) is 0 Å². The fourth-order valence-corrected chi connectivity index (χ4v) is 16.6. The highest BCUT2D eigenvalue weighted by Gasteiger charge is 2.47. The van der Waals surface area contributed by atoms with Crippen LogP contribution in [-0.4, -0.2) is 15.8 Å². The summed E-state index contributed by atoms with van der Waals surface area (Å²) in [6.07, 6.45) is 0. The molecular formula is C98H91BN4. The summed E-state index contributed by atoms with van der Waals surface area (Å²) >= 11 is 0. The molecule has 0 atom stereocenters. The maximum Gasteiger partial charge on any atom is 0.252 e. The van der Waals surface area contributed by atoms with Gasteiger partial charge in [0.15, 0.2) is 0 Å². The first kappa shape index (κ1) is 65.4. The monoisotopic (exact) mass is 1330 g/mol. The van der Waals surface area contributed by atoms with Gasteiger partial charge in [-0.05, 0) is 178 Å². The molecule has 0 fully saturated rings. The molecule has 2 aliphatic rings. The van der Waals surface area contributed by atoms with Crippen molar-refractivity contribution in [3.05, 3.63) is 307 Å². The first-order valence-electron chi connectivity index (χ1n) is 37.0. The predicted molar refractivity (Wildman–Crippen MR) is 444 cm³/mol. The fourth-order valence-electron chi connectivity index (χ4n) is 16.6. The summed E-state index contributed by atoms with van der Waals surface area (Å²) in [5.41, 5.74) is 32.6. The van der Waals surface area contributed by atoms with Crippen LogP contribution in [0.1, 0.15) is 132 Å². The van der Waals surface area contributed by atoms with Crippen molar-refractivity contribution in [2.45, 2.75) is 131 Å². The Morgan fingerprint density at radius 2 is 0.505 bits per heavy atom. The highest BCUT2D eigenvalue weighted by molar-refractivity contribution is 7.00. The van der Waals surface area contributed by atoms with Crippen LogP contribution in [0.4, 0.5) is 34.1 Å². The number of aromatic nitrogens is 2. The standard InChI is InChI=1S/C98H91BN4/c1-94(2,3)66-46-42-64(43-47-66)79-56-68(96(7,8)9)54-77(62-30-18-16-19-31-62)92(79)102-87-60-71(100-83-38-26-22-34-73(83)74-35-23-27-39-84(74)100)50-52-81(87)99-82-53-51-72(101-85-40-28-24-36-75(85)76-37-25-29-41-86(76)101)61-88(82)103(90-59-70(98(13,14)15)58-89(102)91(90)99)93-78(63-32-20-17-21-33-63)55-69(97(10,11)12)57-80(93)65-44-48-67(49-45-65)95(4,5)6/h16-61H,1-15H3. The Hall–Kier alpha value is -10.9. The van der Waals surface area contributed by atoms with E-state index in [1.165, 1.54) is 133 Å². The highest BCUT2D eigenvalue weighted by Crippen LogP contribution is 2.56. The molecule has 17 rings (SSSR count). The van der Waals surface area contributed by atoms with Crippen molar-refractivity contribution in [2.24, 2.45) is 0 Å². The molecule has 2 aliphatic heterocycles. The second kappa shape index (κ2) is 23.9. The van der Waals surface area contributed by atoms with Gasteiger partial charge in [0.1, 0.15) is 0 Å². The molecule has 0 saturated carbocycles. The van der Waals surface area contributed by atoms with E-state index in [1.54, 1.807) is 0 Å². The Balaban J connectivity index is 1.07. The Bertz CT molecular complexity index is 5410. The Morgan fingerprint density at radius 1 is 0.233 bits per heavy atom. The third kappa shape index (κ3) is 10.9. The number of para-hydroxylation sites is 4.